The molecule has 2 saturated carbocycles. The number of rotatable bonds is 3. The maximum atomic E-state index is 13.5. The van der Waals surface area contributed by atoms with E-state index in [2.05, 4.69) is 48.1 Å². The minimum Gasteiger partial charge on any atom is -0.382 e. The lowest BCUT2D eigenvalue weighted by molar-refractivity contribution is -0.282. The van der Waals surface area contributed by atoms with Crippen LogP contribution < -0.4 is 0 Å². The minimum absolute atomic E-state index is 0.153. The maximum Gasteiger partial charge on any atom is 0.195 e. The van der Waals surface area contributed by atoms with Crippen LogP contribution in [-0.2, 0) is 37.4 Å². The number of hydrogen-bond acceptors (Lipinski definition) is 6. The van der Waals surface area contributed by atoms with E-state index >= 15 is 0 Å². The zero-order valence-corrected chi connectivity index (χ0v) is 23.5. The average molecular weight is 541 g/mol. The number of nitrogens with one attached hydrogen (secondary N) is 1. The van der Waals surface area contributed by atoms with Gasteiger partial charge in [0.05, 0.1) is 18.4 Å². The van der Waals surface area contributed by atoms with Gasteiger partial charge in [-0.15, -0.1) is 0 Å². The first-order chi connectivity index (χ1) is 19.0. The SMILES string of the molecule is CC1(C)OC23CC[C@]4(C)[C@@]5(C)c6[nH]c7ccccc7c6C[C@@H]5C[C@H](OCc5ccccn5)[C@@]4(O)C2=CC(=O)[C@@H]1O3. The lowest BCUT2D eigenvalue weighted by Crippen LogP contribution is -2.74. The van der Waals surface area contributed by atoms with Gasteiger partial charge in [-0.1, -0.05) is 38.1 Å². The molecule has 7 nitrogen and oxygen atoms in total. The van der Waals surface area contributed by atoms with E-state index in [4.69, 9.17) is 14.2 Å². The van der Waals surface area contributed by atoms with E-state index in [1.54, 1.807) is 12.3 Å². The van der Waals surface area contributed by atoms with Crippen molar-refractivity contribution in [1.82, 2.24) is 9.97 Å². The smallest absolute Gasteiger partial charge is 0.195 e. The molecule has 7 heteroatoms. The van der Waals surface area contributed by atoms with Crippen LogP contribution in [0.4, 0.5) is 0 Å². The number of hydrogen-bond donors (Lipinski definition) is 2. The highest BCUT2D eigenvalue weighted by molar-refractivity contribution is 5.97. The Labute approximate surface area is 233 Å². The number of aromatic amines is 1. The number of fused-ring (bicyclic) bond motifs is 9. The van der Waals surface area contributed by atoms with Crippen LogP contribution in [0, 0.1) is 11.3 Å². The molecule has 4 heterocycles. The van der Waals surface area contributed by atoms with Crippen molar-refractivity contribution < 1.29 is 24.1 Å². The Kier molecular flexibility index (Phi) is 4.80. The zero-order chi connectivity index (χ0) is 27.7. The molecule has 2 N–H and O–H groups in total. The van der Waals surface area contributed by atoms with Gasteiger partial charge >= 0.3 is 0 Å². The highest BCUT2D eigenvalue weighted by Crippen LogP contribution is 2.72. The van der Waals surface area contributed by atoms with E-state index in [-0.39, 0.29) is 18.3 Å². The monoisotopic (exact) mass is 540 g/mol. The molecule has 7 atom stereocenters. The van der Waals surface area contributed by atoms with Crippen LogP contribution in [-0.4, -0.2) is 50.1 Å². The standard InChI is InChI=1S/C33H36N2O5/c1-29(2)28-24(36)17-25-32(39-28,40-29)13-12-30(3)31(4)19(15-22-21-10-5-6-11-23(21)35-27(22)31)16-26(33(25,30)37)38-18-20-9-7-8-14-34-20/h5-11,14,17,19,26,28,35,37H,12-13,15-16,18H2,1-4H3/t19-,26+,28+,30-,31-,32?,33+/m1/s1. The lowest BCUT2D eigenvalue weighted by Gasteiger charge is -2.67. The van der Waals surface area contributed by atoms with Gasteiger partial charge in [-0.3, -0.25) is 9.78 Å². The molecule has 3 aliphatic carbocycles. The Hall–Kier alpha value is -2.84. The third-order valence-corrected chi connectivity index (χ3v) is 11.4. The Morgan fingerprint density at radius 1 is 1.10 bits per heavy atom. The molecule has 2 bridgehead atoms. The summed E-state index contributed by atoms with van der Waals surface area (Å²) in [5.74, 6) is -1.05. The Morgan fingerprint density at radius 2 is 1.90 bits per heavy atom. The Morgan fingerprint density at radius 3 is 2.70 bits per heavy atom. The highest BCUT2D eigenvalue weighted by atomic mass is 16.8. The third-order valence-electron chi connectivity index (χ3n) is 11.4. The fourth-order valence-electron chi connectivity index (χ4n) is 9.26. The number of nitrogens with zero attached hydrogens (tertiary/aromatic N) is 1. The van der Waals surface area contributed by atoms with Gasteiger partial charge in [0.2, 0.25) is 0 Å². The number of ether oxygens (including phenoxy) is 3. The van der Waals surface area contributed by atoms with Gasteiger partial charge in [0.15, 0.2) is 17.7 Å². The molecule has 3 aromatic rings. The summed E-state index contributed by atoms with van der Waals surface area (Å²) in [5.41, 5.74) is 1.62. The lowest BCUT2D eigenvalue weighted by atomic mass is 9.41. The van der Waals surface area contributed by atoms with Crippen molar-refractivity contribution in [3.05, 3.63) is 77.3 Å². The fourth-order valence-corrected chi connectivity index (χ4v) is 9.26. The summed E-state index contributed by atoms with van der Waals surface area (Å²) in [6.07, 6.45) is 4.91. The molecule has 1 saturated heterocycles. The molecule has 1 spiro atoms. The summed E-state index contributed by atoms with van der Waals surface area (Å²) in [6, 6.07) is 14.2. The molecule has 208 valence electrons. The van der Waals surface area contributed by atoms with E-state index < -0.39 is 40.0 Å². The molecular weight excluding hydrogens is 504 g/mol. The van der Waals surface area contributed by atoms with Crippen LogP contribution in [0.2, 0.25) is 0 Å². The predicted molar refractivity (Wildman–Crippen MR) is 148 cm³/mol. The van der Waals surface area contributed by atoms with Gasteiger partial charge < -0.3 is 24.3 Å². The molecular formula is C33H36N2O5. The number of carbonyl (C=O) groups is 1. The van der Waals surface area contributed by atoms with E-state index in [0.717, 1.165) is 17.6 Å². The second-order valence-electron chi connectivity index (χ2n) is 13.5. The molecule has 5 aliphatic rings. The Bertz CT molecular complexity index is 1590. The number of aromatic nitrogens is 2. The van der Waals surface area contributed by atoms with Crippen LogP contribution >= 0.6 is 0 Å². The van der Waals surface area contributed by atoms with Crippen molar-refractivity contribution in [2.75, 3.05) is 0 Å². The van der Waals surface area contributed by atoms with Crippen molar-refractivity contribution in [3.63, 3.8) is 0 Å². The summed E-state index contributed by atoms with van der Waals surface area (Å²) in [7, 11) is 0. The molecule has 1 unspecified atom stereocenters. The number of benzene rings is 1. The molecule has 8 rings (SSSR count). The maximum absolute atomic E-state index is 13.5. The predicted octanol–water partition coefficient (Wildman–Crippen LogP) is 4.91. The third kappa shape index (κ3) is 2.79. The number of pyridine rings is 1. The van der Waals surface area contributed by atoms with Crippen molar-refractivity contribution in [2.24, 2.45) is 11.3 Å². The summed E-state index contributed by atoms with van der Waals surface area (Å²) in [6.45, 7) is 8.58. The first-order valence-corrected chi connectivity index (χ1v) is 14.5. The summed E-state index contributed by atoms with van der Waals surface area (Å²) in [4.78, 5) is 21.7. The number of para-hydroxylation sites is 1. The van der Waals surface area contributed by atoms with Crippen LogP contribution in [0.3, 0.4) is 0 Å². The van der Waals surface area contributed by atoms with Crippen LogP contribution in [0.25, 0.3) is 10.9 Å². The normalized spacial score (nSPS) is 40.8. The zero-order valence-electron chi connectivity index (χ0n) is 23.5. The molecule has 0 radical (unpaired) electrons. The van der Waals surface area contributed by atoms with Gasteiger partial charge in [-0.05, 0) is 68.9 Å². The van der Waals surface area contributed by atoms with Crippen molar-refractivity contribution in [2.45, 2.75) is 94.6 Å². The quantitative estimate of drug-likeness (QED) is 0.490. The number of aliphatic hydroxyl groups is 1. The fraction of sp³-hybridized carbons (Fsp3) is 0.515. The van der Waals surface area contributed by atoms with Crippen molar-refractivity contribution in [3.8, 4) is 0 Å². The van der Waals surface area contributed by atoms with E-state index in [1.807, 2.05) is 32.0 Å². The molecule has 0 amide bonds. The second kappa shape index (κ2) is 7.71. The first-order valence-electron chi connectivity index (χ1n) is 14.5. The van der Waals surface area contributed by atoms with Crippen LogP contribution in [0.15, 0.2) is 60.3 Å². The van der Waals surface area contributed by atoms with E-state index in [9.17, 15) is 9.90 Å². The average Bonchev–Trinajstić information content (AvgIpc) is 3.52. The summed E-state index contributed by atoms with van der Waals surface area (Å²) < 4.78 is 19.8. The number of H-pyrrole nitrogens is 1. The van der Waals surface area contributed by atoms with Crippen molar-refractivity contribution in [1.29, 1.82) is 0 Å². The highest BCUT2D eigenvalue weighted by Gasteiger charge is 2.78. The summed E-state index contributed by atoms with van der Waals surface area (Å²) >= 11 is 0. The second-order valence-corrected chi connectivity index (χ2v) is 13.5. The topological polar surface area (TPSA) is 93.7 Å². The van der Waals surface area contributed by atoms with Crippen molar-refractivity contribution >= 4 is 16.7 Å². The first kappa shape index (κ1) is 24.9. The Balaban J connectivity index is 1.31. The minimum atomic E-state index is -1.51. The number of ketones is 1. The van der Waals surface area contributed by atoms with Crippen LogP contribution in [0.1, 0.15) is 63.9 Å². The molecule has 40 heavy (non-hydrogen) atoms. The largest absolute Gasteiger partial charge is 0.382 e. The van der Waals surface area contributed by atoms with E-state index in [0.29, 0.717) is 24.8 Å². The van der Waals surface area contributed by atoms with Crippen LogP contribution in [0.5, 0.6) is 0 Å². The molecule has 1 aromatic carbocycles. The molecule has 2 aliphatic heterocycles. The van der Waals surface area contributed by atoms with Gasteiger partial charge in [-0.25, -0.2) is 0 Å². The molecule has 2 aromatic heterocycles. The summed E-state index contributed by atoms with van der Waals surface area (Å²) in [5, 5.41) is 14.6. The van der Waals surface area contributed by atoms with Gasteiger partial charge in [0, 0.05) is 45.6 Å². The van der Waals surface area contributed by atoms with E-state index in [1.165, 1.54) is 16.6 Å². The van der Waals surface area contributed by atoms with Gasteiger partial charge in [0.25, 0.3) is 0 Å². The van der Waals surface area contributed by atoms with Gasteiger partial charge in [0.1, 0.15) is 11.2 Å². The van der Waals surface area contributed by atoms with Gasteiger partial charge in [-0.2, -0.15) is 0 Å². The number of carbonyl (C=O) groups excluding carboxylic acids is 1. The molecule has 3 fully saturated rings.